The average Bonchev–Trinajstić information content (AvgIpc) is 2.50. The van der Waals surface area contributed by atoms with E-state index < -0.39 is 10.0 Å². The van der Waals surface area contributed by atoms with Crippen LogP contribution in [0, 0.1) is 6.92 Å². The summed E-state index contributed by atoms with van der Waals surface area (Å²) in [6.07, 6.45) is 0. The Balaban J connectivity index is 2.49. The molecule has 0 unspecified atom stereocenters. The molecule has 0 amide bonds. The van der Waals surface area contributed by atoms with Gasteiger partial charge in [-0.3, -0.25) is 0 Å². The summed E-state index contributed by atoms with van der Waals surface area (Å²) in [5.41, 5.74) is 0.676. The van der Waals surface area contributed by atoms with Gasteiger partial charge in [0.1, 0.15) is 5.75 Å². The summed E-state index contributed by atoms with van der Waals surface area (Å²) in [6, 6.07) is 1.61. The predicted octanol–water partition coefficient (Wildman–Crippen LogP) is -0.378. The van der Waals surface area contributed by atoms with E-state index in [2.05, 4.69) is 15.2 Å². The Labute approximate surface area is 89.1 Å². The van der Waals surface area contributed by atoms with Crippen LogP contribution in [0.1, 0.15) is 11.5 Å². The molecule has 1 heterocycles. The lowest BCUT2D eigenvalue weighted by molar-refractivity contribution is 0.388. The van der Waals surface area contributed by atoms with E-state index in [0.717, 1.165) is 0 Å². The van der Waals surface area contributed by atoms with E-state index in [1.807, 2.05) is 0 Å². The summed E-state index contributed by atoms with van der Waals surface area (Å²) in [5.74, 6) is 0.182. The van der Waals surface area contributed by atoms with E-state index in [9.17, 15) is 8.42 Å². The third-order valence-electron chi connectivity index (χ3n) is 1.71. The molecule has 0 aliphatic heterocycles. The molecule has 1 aromatic heterocycles. The maximum Gasteiger partial charge on any atom is 0.219 e. The Hall–Kier alpha value is -0.920. The number of aromatic nitrogens is 1. The Kier molecular flexibility index (Phi) is 4.25. The van der Waals surface area contributed by atoms with Crippen LogP contribution in [0.2, 0.25) is 0 Å². The number of nitrogens with one attached hydrogen (secondary N) is 2. The van der Waals surface area contributed by atoms with E-state index >= 15 is 0 Å². The standard InChI is InChI=1S/C8H15N3O3S/c1-7-5-8(14-11-7)6-15(12,13)10-4-3-9-2/h5,9-10H,3-4,6H2,1-2H3. The van der Waals surface area contributed by atoms with Crippen molar-refractivity contribution < 1.29 is 12.9 Å². The zero-order chi connectivity index (χ0) is 11.3. The van der Waals surface area contributed by atoms with Crippen LogP contribution < -0.4 is 10.0 Å². The minimum atomic E-state index is -3.32. The highest BCUT2D eigenvalue weighted by molar-refractivity contribution is 7.88. The topological polar surface area (TPSA) is 84.2 Å². The van der Waals surface area contributed by atoms with E-state index in [4.69, 9.17) is 4.52 Å². The molecule has 0 saturated carbocycles. The third kappa shape index (κ3) is 4.41. The van der Waals surface area contributed by atoms with Gasteiger partial charge in [-0.2, -0.15) is 0 Å². The monoisotopic (exact) mass is 233 g/mol. The summed E-state index contributed by atoms with van der Waals surface area (Å²) >= 11 is 0. The molecule has 0 atom stereocenters. The number of hydrogen-bond donors (Lipinski definition) is 2. The van der Waals surface area contributed by atoms with Crippen LogP contribution in [-0.4, -0.2) is 33.7 Å². The largest absolute Gasteiger partial charge is 0.360 e. The van der Waals surface area contributed by atoms with Gasteiger partial charge < -0.3 is 9.84 Å². The number of sulfonamides is 1. The number of likely N-dealkylation sites (N-methyl/N-ethyl adjacent to an activating group) is 1. The van der Waals surface area contributed by atoms with Crippen molar-refractivity contribution in [3.05, 3.63) is 17.5 Å². The Morgan fingerprint density at radius 3 is 2.73 bits per heavy atom. The van der Waals surface area contributed by atoms with Crippen molar-refractivity contribution in [3.63, 3.8) is 0 Å². The van der Waals surface area contributed by atoms with Gasteiger partial charge in [0.25, 0.3) is 0 Å². The van der Waals surface area contributed by atoms with Crippen LogP contribution in [0.5, 0.6) is 0 Å². The van der Waals surface area contributed by atoms with E-state index in [-0.39, 0.29) is 5.75 Å². The lowest BCUT2D eigenvalue weighted by atomic mass is 10.4. The molecule has 2 N–H and O–H groups in total. The van der Waals surface area contributed by atoms with Crippen LogP contribution in [0.3, 0.4) is 0 Å². The van der Waals surface area contributed by atoms with Crippen LogP contribution in [0.15, 0.2) is 10.6 Å². The highest BCUT2D eigenvalue weighted by atomic mass is 32.2. The molecule has 0 saturated heterocycles. The molecular formula is C8H15N3O3S. The fourth-order valence-electron chi connectivity index (χ4n) is 1.05. The first-order valence-electron chi connectivity index (χ1n) is 4.57. The van der Waals surface area contributed by atoms with Crippen molar-refractivity contribution in [2.24, 2.45) is 0 Å². The van der Waals surface area contributed by atoms with E-state index in [1.165, 1.54) is 0 Å². The number of nitrogens with zero attached hydrogens (tertiary/aromatic N) is 1. The van der Waals surface area contributed by atoms with Crippen molar-refractivity contribution in [2.45, 2.75) is 12.7 Å². The molecule has 0 radical (unpaired) electrons. The highest BCUT2D eigenvalue weighted by Crippen LogP contribution is 2.05. The van der Waals surface area contributed by atoms with Crippen LogP contribution in [0.4, 0.5) is 0 Å². The lowest BCUT2D eigenvalue weighted by Crippen LogP contribution is -2.31. The van der Waals surface area contributed by atoms with Gasteiger partial charge >= 0.3 is 0 Å². The van der Waals surface area contributed by atoms with Crippen molar-refractivity contribution in [2.75, 3.05) is 20.1 Å². The number of aryl methyl sites for hydroxylation is 1. The van der Waals surface area contributed by atoms with Gasteiger partial charge in [-0.25, -0.2) is 13.1 Å². The summed E-state index contributed by atoms with van der Waals surface area (Å²) in [5, 5.41) is 6.46. The van der Waals surface area contributed by atoms with Gasteiger partial charge in [0.2, 0.25) is 10.0 Å². The lowest BCUT2D eigenvalue weighted by Gasteiger charge is -2.03. The molecule has 0 fully saturated rings. The molecule has 86 valence electrons. The summed E-state index contributed by atoms with van der Waals surface area (Å²) in [4.78, 5) is 0. The van der Waals surface area contributed by atoms with Crippen LogP contribution in [-0.2, 0) is 15.8 Å². The normalized spacial score (nSPS) is 11.9. The van der Waals surface area contributed by atoms with Gasteiger partial charge in [0, 0.05) is 19.2 Å². The van der Waals surface area contributed by atoms with Crippen molar-refractivity contribution >= 4 is 10.0 Å². The van der Waals surface area contributed by atoms with Gasteiger partial charge in [0.15, 0.2) is 5.76 Å². The first-order chi connectivity index (χ1) is 7.03. The molecule has 0 spiro atoms. The highest BCUT2D eigenvalue weighted by Gasteiger charge is 2.13. The smallest absolute Gasteiger partial charge is 0.219 e. The zero-order valence-electron chi connectivity index (χ0n) is 8.78. The zero-order valence-corrected chi connectivity index (χ0v) is 9.60. The first-order valence-corrected chi connectivity index (χ1v) is 6.23. The van der Waals surface area contributed by atoms with Gasteiger partial charge in [-0.05, 0) is 14.0 Å². The molecule has 0 aromatic carbocycles. The fraction of sp³-hybridized carbons (Fsp3) is 0.625. The molecule has 1 aromatic rings. The molecule has 15 heavy (non-hydrogen) atoms. The maximum absolute atomic E-state index is 11.5. The summed E-state index contributed by atoms with van der Waals surface area (Å²) in [6.45, 7) is 2.70. The Morgan fingerprint density at radius 1 is 1.47 bits per heavy atom. The van der Waals surface area contributed by atoms with Gasteiger partial charge in [-0.15, -0.1) is 0 Å². The number of rotatable bonds is 6. The summed E-state index contributed by atoms with van der Waals surface area (Å²) in [7, 11) is -1.56. The van der Waals surface area contributed by atoms with Crippen LogP contribution in [0.25, 0.3) is 0 Å². The quantitative estimate of drug-likeness (QED) is 0.654. The van der Waals surface area contributed by atoms with Crippen molar-refractivity contribution in [1.82, 2.24) is 15.2 Å². The van der Waals surface area contributed by atoms with Crippen LogP contribution >= 0.6 is 0 Å². The molecule has 0 bridgehead atoms. The molecular weight excluding hydrogens is 218 g/mol. The molecule has 1 rings (SSSR count). The molecule has 0 aliphatic carbocycles. The minimum Gasteiger partial charge on any atom is -0.360 e. The maximum atomic E-state index is 11.5. The summed E-state index contributed by atoms with van der Waals surface area (Å²) < 4.78 is 30.2. The second-order valence-corrected chi connectivity index (χ2v) is 5.00. The molecule has 0 aliphatic rings. The minimum absolute atomic E-state index is 0.169. The van der Waals surface area contributed by atoms with Crippen molar-refractivity contribution in [1.29, 1.82) is 0 Å². The van der Waals surface area contributed by atoms with Gasteiger partial charge in [-0.1, -0.05) is 5.16 Å². The first kappa shape index (κ1) is 12.2. The van der Waals surface area contributed by atoms with Gasteiger partial charge in [0.05, 0.1) is 5.69 Å². The second-order valence-electron chi connectivity index (χ2n) is 3.19. The van der Waals surface area contributed by atoms with Crippen molar-refractivity contribution in [3.8, 4) is 0 Å². The van der Waals surface area contributed by atoms with E-state index in [1.54, 1.807) is 20.0 Å². The predicted molar refractivity (Wildman–Crippen MR) is 55.8 cm³/mol. The Bertz CT molecular complexity index is 399. The van der Waals surface area contributed by atoms with E-state index in [0.29, 0.717) is 24.5 Å². The SMILES string of the molecule is CNCCNS(=O)(=O)Cc1cc(C)no1. The Morgan fingerprint density at radius 2 is 2.20 bits per heavy atom. The molecule has 6 nitrogen and oxygen atoms in total. The molecule has 7 heteroatoms. The average molecular weight is 233 g/mol. The fourth-order valence-corrected chi connectivity index (χ4v) is 2.08. The third-order valence-corrected chi connectivity index (χ3v) is 3.01. The second kappa shape index (κ2) is 5.24. The number of hydrogen-bond acceptors (Lipinski definition) is 5.